The number of hydrogen-bond acceptors (Lipinski definition) is 0. The highest BCUT2D eigenvalue weighted by molar-refractivity contribution is 6.19. The fourth-order valence-electron chi connectivity index (χ4n) is 8.27. The number of para-hydroxylation sites is 1. The molecular weight excluding hydrogens is 494 g/mol. The molecule has 0 radical (unpaired) electrons. The summed E-state index contributed by atoms with van der Waals surface area (Å²) in [4.78, 5) is 0. The van der Waals surface area contributed by atoms with Gasteiger partial charge < -0.3 is 4.57 Å². The Bertz CT molecular complexity index is 2260. The third-order valence-corrected chi connectivity index (χ3v) is 10.2. The molecule has 2 aliphatic carbocycles. The molecule has 9 rings (SSSR count). The molecule has 0 N–H and O–H groups in total. The minimum absolute atomic E-state index is 0.00414. The van der Waals surface area contributed by atoms with Crippen molar-refractivity contribution in [2.75, 3.05) is 0 Å². The molecule has 7 aromatic rings. The summed E-state index contributed by atoms with van der Waals surface area (Å²) in [6.45, 7) is 9.50. The summed E-state index contributed by atoms with van der Waals surface area (Å²) in [5.74, 6) is 0. The Morgan fingerprint density at radius 2 is 1.20 bits per heavy atom. The van der Waals surface area contributed by atoms with E-state index in [1.54, 1.807) is 0 Å². The summed E-state index contributed by atoms with van der Waals surface area (Å²) in [5.41, 5.74) is 14.9. The predicted molar refractivity (Wildman–Crippen MR) is 173 cm³/mol. The van der Waals surface area contributed by atoms with Crippen LogP contribution in [0.15, 0.2) is 115 Å². The lowest BCUT2D eigenvalue weighted by Crippen LogP contribution is -2.15. The third kappa shape index (κ3) is 2.77. The largest absolute Gasteiger partial charge is 0.309 e. The quantitative estimate of drug-likeness (QED) is 0.201. The number of hydrogen-bond donors (Lipinski definition) is 0. The molecule has 0 unspecified atom stereocenters. The van der Waals surface area contributed by atoms with Crippen molar-refractivity contribution < 1.29 is 0 Å². The molecule has 0 amide bonds. The van der Waals surface area contributed by atoms with E-state index in [1.165, 1.54) is 82.8 Å². The molecule has 0 saturated heterocycles. The predicted octanol–water partition coefficient (Wildman–Crippen LogP) is 10.5. The average Bonchev–Trinajstić information content (AvgIpc) is 3.54. The van der Waals surface area contributed by atoms with E-state index in [2.05, 4.69) is 148 Å². The number of fused-ring (bicyclic) bond motifs is 12. The molecule has 1 heterocycles. The van der Waals surface area contributed by atoms with Crippen molar-refractivity contribution >= 4 is 32.6 Å². The Kier molecular flexibility index (Phi) is 4.26. The average molecular weight is 526 g/mol. The molecule has 0 spiro atoms. The summed E-state index contributed by atoms with van der Waals surface area (Å²) in [6, 6.07) is 43.3. The van der Waals surface area contributed by atoms with Crippen molar-refractivity contribution in [1.29, 1.82) is 0 Å². The summed E-state index contributed by atoms with van der Waals surface area (Å²) >= 11 is 0. The van der Waals surface area contributed by atoms with Crippen molar-refractivity contribution in [3.63, 3.8) is 0 Å². The van der Waals surface area contributed by atoms with Crippen LogP contribution in [0.1, 0.15) is 49.9 Å². The lowest BCUT2D eigenvalue weighted by atomic mass is 9.80. The van der Waals surface area contributed by atoms with E-state index in [0.29, 0.717) is 0 Å². The van der Waals surface area contributed by atoms with Gasteiger partial charge in [-0.3, -0.25) is 0 Å². The van der Waals surface area contributed by atoms with Gasteiger partial charge in [0.15, 0.2) is 0 Å². The fourth-order valence-corrected chi connectivity index (χ4v) is 8.27. The van der Waals surface area contributed by atoms with Crippen LogP contribution in [-0.4, -0.2) is 4.57 Å². The number of aromatic nitrogens is 1. The first kappa shape index (κ1) is 23.1. The van der Waals surface area contributed by atoms with Crippen molar-refractivity contribution in [3.8, 4) is 27.9 Å². The molecule has 1 heteroatoms. The van der Waals surface area contributed by atoms with Crippen LogP contribution in [0.25, 0.3) is 60.5 Å². The van der Waals surface area contributed by atoms with E-state index in [4.69, 9.17) is 0 Å². The van der Waals surface area contributed by atoms with Crippen molar-refractivity contribution in [2.45, 2.75) is 38.5 Å². The highest BCUT2D eigenvalue weighted by atomic mass is 15.0. The maximum atomic E-state index is 2.49. The Morgan fingerprint density at radius 3 is 2.07 bits per heavy atom. The van der Waals surface area contributed by atoms with E-state index in [0.717, 1.165) is 0 Å². The van der Waals surface area contributed by atoms with Gasteiger partial charge in [0, 0.05) is 27.3 Å². The molecule has 0 fully saturated rings. The van der Waals surface area contributed by atoms with Crippen LogP contribution in [0, 0.1) is 0 Å². The Balaban J connectivity index is 1.38. The number of rotatable bonds is 1. The maximum absolute atomic E-state index is 2.49. The molecule has 0 saturated carbocycles. The van der Waals surface area contributed by atoms with E-state index in [1.807, 2.05) is 0 Å². The zero-order chi connectivity index (χ0) is 27.7. The Labute approximate surface area is 240 Å². The molecule has 6 aromatic carbocycles. The van der Waals surface area contributed by atoms with Crippen molar-refractivity contribution in [1.82, 2.24) is 4.57 Å². The van der Waals surface area contributed by atoms with Gasteiger partial charge in [-0.2, -0.15) is 0 Å². The highest BCUT2D eigenvalue weighted by Gasteiger charge is 2.39. The van der Waals surface area contributed by atoms with Crippen LogP contribution < -0.4 is 0 Å². The smallest absolute Gasteiger partial charge is 0.0547 e. The molecule has 41 heavy (non-hydrogen) atoms. The second-order valence-corrected chi connectivity index (χ2v) is 13.0. The molecule has 196 valence electrons. The van der Waals surface area contributed by atoms with Crippen LogP contribution in [-0.2, 0) is 10.8 Å². The topological polar surface area (TPSA) is 4.93 Å². The highest BCUT2D eigenvalue weighted by Crippen LogP contribution is 2.55. The van der Waals surface area contributed by atoms with Gasteiger partial charge in [0.2, 0.25) is 0 Å². The first-order chi connectivity index (χ1) is 19.9. The Morgan fingerprint density at radius 1 is 0.488 bits per heavy atom. The minimum Gasteiger partial charge on any atom is -0.309 e. The van der Waals surface area contributed by atoms with Gasteiger partial charge in [0.1, 0.15) is 0 Å². The van der Waals surface area contributed by atoms with Gasteiger partial charge in [0.25, 0.3) is 0 Å². The molecule has 2 aliphatic rings. The molecule has 0 atom stereocenters. The van der Waals surface area contributed by atoms with Crippen molar-refractivity contribution in [3.05, 3.63) is 138 Å². The van der Waals surface area contributed by atoms with E-state index < -0.39 is 0 Å². The second-order valence-electron chi connectivity index (χ2n) is 13.0. The fraction of sp³-hybridized carbons (Fsp3) is 0.150. The van der Waals surface area contributed by atoms with Gasteiger partial charge in [-0.15, -0.1) is 0 Å². The van der Waals surface area contributed by atoms with E-state index >= 15 is 0 Å². The third-order valence-electron chi connectivity index (χ3n) is 10.2. The standard InChI is InChI=1S/C40H31N/c1-39(2)31-15-9-7-13-27(31)30-23-25(18-20-32(30)39)41-34-16-10-8-14-28(34)37-35(41)22-21-33-36(37)29-19-17-24-11-5-6-12-26(24)38(29)40(33,3)4/h5-23H,1-4H3. The van der Waals surface area contributed by atoms with E-state index in [9.17, 15) is 0 Å². The van der Waals surface area contributed by atoms with Crippen LogP contribution >= 0.6 is 0 Å². The lowest BCUT2D eigenvalue weighted by molar-refractivity contribution is 0.660. The van der Waals surface area contributed by atoms with Crippen LogP contribution in [0.2, 0.25) is 0 Å². The monoisotopic (exact) mass is 525 g/mol. The van der Waals surface area contributed by atoms with Gasteiger partial charge in [-0.1, -0.05) is 119 Å². The van der Waals surface area contributed by atoms with Crippen LogP contribution in [0.4, 0.5) is 0 Å². The molecule has 1 aromatic heterocycles. The lowest BCUT2D eigenvalue weighted by Gasteiger charge is -2.23. The molecule has 0 bridgehead atoms. The Hall–Kier alpha value is -4.62. The van der Waals surface area contributed by atoms with Crippen LogP contribution in [0.5, 0.6) is 0 Å². The first-order valence-electron chi connectivity index (χ1n) is 14.7. The normalized spacial score (nSPS) is 15.7. The molecule has 1 nitrogen and oxygen atoms in total. The van der Waals surface area contributed by atoms with Gasteiger partial charge in [-0.05, 0) is 79.5 Å². The van der Waals surface area contributed by atoms with Gasteiger partial charge in [0.05, 0.1) is 11.0 Å². The minimum atomic E-state index is -0.0776. The number of benzene rings is 6. The second kappa shape index (κ2) is 7.56. The zero-order valence-electron chi connectivity index (χ0n) is 23.9. The summed E-state index contributed by atoms with van der Waals surface area (Å²) < 4.78 is 2.49. The van der Waals surface area contributed by atoms with Gasteiger partial charge in [-0.25, -0.2) is 0 Å². The SMILES string of the molecule is CC1(C)c2ccccc2-c2cc(-n3c4ccccc4c4c5c(ccc43)C(C)(C)c3c-5ccc4ccccc34)ccc21. The summed E-state index contributed by atoms with van der Waals surface area (Å²) in [7, 11) is 0. The van der Waals surface area contributed by atoms with E-state index in [-0.39, 0.29) is 10.8 Å². The first-order valence-corrected chi connectivity index (χ1v) is 14.7. The van der Waals surface area contributed by atoms with Crippen LogP contribution in [0.3, 0.4) is 0 Å². The zero-order valence-corrected chi connectivity index (χ0v) is 23.9. The molecule has 0 aliphatic heterocycles. The number of nitrogens with zero attached hydrogens (tertiary/aromatic N) is 1. The maximum Gasteiger partial charge on any atom is 0.0547 e. The molecular formula is C40H31N. The summed E-state index contributed by atoms with van der Waals surface area (Å²) in [5, 5.41) is 5.36. The van der Waals surface area contributed by atoms with Crippen molar-refractivity contribution in [2.24, 2.45) is 0 Å². The van der Waals surface area contributed by atoms with Gasteiger partial charge >= 0.3 is 0 Å². The summed E-state index contributed by atoms with van der Waals surface area (Å²) in [6.07, 6.45) is 0.